The molecule has 2 aliphatic rings. The number of hydrogen-bond donors (Lipinski definition) is 2. The van der Waals surface area contributed by atoms with Gasteiger partial charge in [-0.1, -0.05) is 17.7 Å². The smallest absolute Gasteiger partial charge is 0.255 e. The normalized spacial score (nSPS) is 17.9. The van der Waals surface area contributed by atoms with E-state index >= 15 is 0 Å². The van der Waals surface area contributed by atoms with E-state index in [0.29, 0.717) is 62.1 Å². The van der Waals surface area contributed by atoms with Crippen LogP contribution >= 0.6 is 11.6 Å². The SMILES string of the molecule is O=C1CN(Cc2ccc3c(c2)OCCO3)CCCNC(=O)c2cc(Cl)ccc2OCCN1. The van der Waals surface area contributed by atoms with Crippen LogP contribution in [0.5, 0.6) is 17.2 Å². The lowest BCUT2D eigenvalue weighted by Crippen LogP contribution is -2.40. The second-order valence-electron chi connectivity index (χ2n) is 7.64. The van der Waals surface area contributed by atoms with Gasteiger partial charge in [0.05, 0.1) is 18.7 Å². The zero-order valence-corrected chi connectivity index (χ0v) is 18.5. The summed E-state index contributed by atoms with van der Waals surface area (Å²) >= 11 is 6.06. The summed E-state index contributed by atoms with van der Waals surface area (Å²) in [4.78, 5) is 27.2. The number of carbonyl (C=O) groups excluding carboxylic acids is 2. The predicted molar refractivity (Wildman–Crippen MR) is 120 cm³/mol. The van der Waals surface area contributed by atoms with Crippen molar-refractivity contribution < 1.29 is 23.8 Å². The molecule has 0 radical (unpaired) electrons. The van der Waals surface area contributed by atoms with Gasteiger partial charge in [-0.25, -0.2) is 0 Å². The summed E-state index contributed by atoms with van der Waals surface area (Å²) in [6.45, 7) is 3.58. The van der Waals surface area contributed by atoms with Crippen molar-refractivity contribution in [3.8, 4) is 17.2 Å². The first-order chi connectivity index (χ1) is 15.6. The summed E-state index contributed by atoms with van der Waals surface area (Å²) in [6.07, 6.45) is 0.681. The maximum absolute atomic E-state index is 12.6. The molecule has 0 saturated heterocycles. The van der Waals surface area contributed by atoms with Crippen molar-refractivity contribution in [1.29, 1.82) is 0 Å². The third-order valence-corrected chi connectivity index (χ3v) is 5.42. The summed E-state index contributed by atoms with van der Waals surface area (Å²) in [5, 5.41) is 6.25. The Kier molecular flexibility index (Phi) is 7.34. The van der Waals surface area contributed by atoms with E-state index in [4.69, 9.17) is 25.8 Å². The Morgan fingerprint density at radius 1 is 0.875 bits per heavy atom. The van der Waals surface area contributed by atoms with Gasteiger partial charge >= 0.3 is 0 Å². The van der Waals surface area contributed by atoms with Crippen LogP contribution in [0.4, 0.5) is 0 Å². The van der Waals surface area contributed by atoms with Gasteiger partial charge in [-0.3, -0.25) is 14.5 Å². The average Bonchev–Trinajstić information content (AvgIpc) is 2.79. The molecule has 0 spiro atoms. The van der Waals surface area contributed by atoms with Crippen molar-refractivity contribution in [3.05, 3.63) is 52.5 Å². The first-order valence-corrected chi connectivity index (χ1v) is 11.0. The highest BCUT2D eigenvalue weighted by atomic mass is 35.5. The average molecular weight is 460 g/mol. The molecule has 0 unspecified atom stereocenters. The fourth-order valence-corrected chi connectivity index (χ4v) is 3.85. The molecule has 4 rings (SSSR count). The zero-order valence-electron chi connectivity index (χ0n) is 17.7. The second-order valence-corrected chi connectivity index (χ2v) is 8.07. The monoisotopic (exact) mass is 459 g/mol. The minimum atomic E-state index is -0.234. The topological polar surface area (TPSA) is 89.1 Å². The van der Waals surface area contributed by atoms with Crippen LogP contribution in [0.1, 0.15) is 22.3 Å². The summed E-state index contributed by atoms with van der Waals surface area (Å²) in [5.74, 6) is 1.59. The van der Waals surface area contributed by atoms with Crippen LogP contribution in [0.3, 0.4) is 0 Å². The summed E-state index contributed by atoms with van der Waals surface area (Å²) in [5.41, 5.74) is 1.41. The summed E-state index contributed by atoms with van der Waals surface area (Å²) < 4.78 is 17.0. The van der Waals surface area contributed by atoms with Crippen LogP contribution in [0.25, 0.3) is 0 Å². The minimum Gasteiger partial charge on any atom is -0.491 e. The summed E-state index contributed by atoms with van der Waals surface area (Å²) in [7, 11) is 0. The molecule has 2 N–H and O–H groups in total. The number of amides is 2. The van der Waals surface area contributed by atoms with E-state index in [0.717, 1.165) is 17.1 Å². The number of benzene rings is 2. The molecule has 2 aromatic carbocycles. The lowest BCUT2D eigenvalue weighted by molar-refractivity contribution is -0.122. The quantitative estimate of drug-likeness (QED) is 0.716. The van der Waals surface area contributed by atoms with Crippen molar-refractivity contribution in [1.82, 2.24) is 15.5 Å². The third-order valence-electron chi connectivity index (χ3n) is 5.18. The molecular weight excluding hydrogens is 434 g/mol. The number of rotatable bonds is 2. The van der Waals surface area contributed by atoms with Gasteiger partial charge in [-0.15, -0.1) is 0 Å². The molecule has 2 aromatic rings. The Hall–Kier alpha value is -2.97. The first-order valence-electron chi connectivity index (χ1n) is 10.7. The highest BCUT2D eigenvalue weighted by Crippen LogP contribution is 2.31. The van der Waals surface area contributed by atoms with Crippen LogP contribution in [0, 0.1) is 0 Å². The maximum Gasteiger partial charge on any atom is 0.255 e. The Morgan fingerprint density at radius 2 is 1.66 bits per heavy atom. The lowest BCUT2D eigenvalue weighted by atomic mass is 10.1. The van der Waals surface area contributed by atoms with E-state index in [1.54, 1.807) is 18.2 Å². The number of ether oxygens (including phenoxy) is 3. The number of halogens is 1. The molecule has 8 nitrogen and oxygen atoms in total. The minimum absolute atomic E-state index is 0.0800. The van der Waals surface area contributed by atoms with Crippen LogP contribution < -0.4 is 24.8 Å². The lowest BCUT2D eigenvalue weighted by Gasteiger charge is -2.24. The second kappa shape index (κ2) is 10.6. The highest BCUT2D eigenvalue weighted by Gasteiger charge is 2.17. The molecule has 0 saturated carbocycles. The Balaban J connectivity index is 1.43. The van der Waals surface area contributed by atoms with E-state index in [9.17, 15) is 9.59 Å². The predicted octanol–water partition coefficient (Wildman–Crippen LogP) is 2.24. The van der Waals surface area contributed by atoms with Crippen LogP contribution in [-0.4, -0.2) is 62.7 Å². The number of nitrogens with zero attached hydrogens (tertiary/aromatic N) is 1. The maximum atomic E-state index is 12.6. The van der Waals surface area contributed by atoms with Gasteiger partial charge in [0, 0.05) is 24.7 Å². The van der Waals surface area contributed by atoms with Gasteiger partial charge in [-0.05, 0) is 42.3 Å². The summed E-state index contributed by atoms with van der Waals surface area (Å²) in [6, 6.07) is 10.8. The van der Waals surface area contributed by atoms with Gasteiger partial charge in [0.2, 0.25) is 5.91 Å². The molecule has 2 heterocycles. The van der Waals surface area contributed by atoms with Gasteiger partial charge in [0.25, 0.3) is 5.91 Å². The van der Waals surface area contributed by atoms with Crippen molar-refractivity contribution in [2.24, 2.45) is 0 Å². The molecule has 0 bridgehead atoms. The van der Waals surface area contributed by atoms with E-state index in [1.165, 1.54) is 0 Å². The molecule has 9 heteroatoms. The molecular formula is C23H26ClN3O5. The standard InChI is InChI=1S/C23H26ClN3O5/c24-17-3-5-19-18(13-17)23(29)26-6-1-8-27(15-22(28)25-7-9-30-19)14-16-2-4-20-21(12-16)32-11-10-31-20/h2-5,12-13H,1,6-11,14-15H2,(H,25,28)(H,26,29). The van der Waals surface area contributed by atoms with E-state index in [2.05, 4.69) is 10.6 Å². The van der Waals surface area contributed by atoms with Crippen molar-refractivity contribution >= 4 is 23.4 Å². The number of carbonyl (C=O) groups is 2. The Bertz CT molecular complexity index is 984. The van der Waals surface area contributed by atoms with E-state index in [1.807, 2.05) is 23.1 Å². The Labute approximate surface area is 191 Å². The largest absolute Gasteiger partial charge is 0.491 e. The van der Waals surface area contributed by atoms with Gasteiger partial charge in [0.1, 0.15) is 25.6 Å². The molecule has 0 atom stereocenters. The molecule has 0 aliphatic carbocycles. The number of hydrogen-bond acceptors (Lipinski definition) is 6. The van der Waals surface area contributed by atoms with Crippen molar-refractivity contribution in [3.63, 3.8) is 0 Å². The van der Waals surface area contributed by atoms with E-state index in [-0.39, 0.29) is 25.0 Å². The van der Waals surface area contributed by atoms with Gasteiger partial charge in [-0.2, -0.15) is 0 Å². The van der Waals surface area contributed by atoms with Crippen molar-refractivity contribution in [2.75, 3.05) is 46.0 Å². The fourth-order valence-electron chi connectivity index (χ4n) is 3.67. The van der Waals surface area contributed by atoms with Crippen LogP contribution in [0.15, 0.2) is 36.4 Å². The van der Waals surface area contributed by atoms with Gasteiger partial charge < -0.3 is 24.8 Å². The molecule has 2 aliphatic heterocycles. The first kappa shape index (κ1) is 22.2. The zero-order chi connectivity index (χ0) is 22.3. The van der Waals surface area contributed by atoms with Crippen LogP contribution in [0.2, 0.25) is 5.02 Å². The molecule has 32 heavy (non-hydrogen) atoms. The molecule has 2 amide bonds. The third kappa shape index (κ3) is 5.83. The van der Waals surface area contributed by atoms with E-state index < -0.39 is 0 Å². The number of fused-ring (bicyclic) bond motifs is 2. The van der Waals surface area contributed by atoms with Crippen LogP contribution in [-0.2, 0) is 11.3 Å². The number of nitrogens with one attached hydrogen (secondary N) is 2. The molecule has 170 valence electrons. The van der Waals surface area contributed by atoms with Gasteiger partial charge in [0.15, 0.2) is 11.5 Å². The highest BCUT2D eigenvalue weighted by molar-refractivity contribution is 6.31. The Morgan fingerprint density at radius 3 is 2.53 bits per heavy atom. The fraction of sp³-hybridized carbons (Fsp3) is 0.391. The molecule has 0 aromatic heterocycles. The molecule has 0 fully saturated rings. The van der Waals surface area contributed by atoms with Crippen molar-refractivity contribution in [2.45, 2.75) is 13.0 Å².